The Bertz CT molecular complexity index is 572. The Morgan fingerprint density at radius 1 is 1.22 bits per heavy atom. The molecule has 0 fully saturated rings. The minimum absolute atomic E-state index is 0.247. The van der Waals surface area contributed by atoms with E-state index in [1.807, 2.05) is 12.1 Å². The summed E-state index contributed by atoms with van der Waals surface area (Å²) in [4.78, 5) is 0. The zero-order chi connectivity index (χ0) is 13.1. The van der Waals surface area contributed by atoms with Gasteiger partial charge in [0.25, 0.3) is 0 Å². The lowest BCUT2D eigenvalue weighted by Gasteiger charge is -2.09. The molecule has 0 unspecified atom stereocenters. The molecule has 0 atom stereocenters. The molecule has 0 aliphatic rings. The summed E-state index contributed by atoms with van der Waals surface area (Å²) in [6.07, 6.45) is 0. The van der Waals surface area contributed by atoms with E-state index in [0.717, 1.165) is 10.9 Å². The summed E-state index contributed by atoms with van der Waals surface area (Å²) in [5.41, 5.74) is 1.61. The van der Waals surface area contributed by atoms with Gasteiger partial charge in [0.05, 0.1) is 5.02 Å². The van der Waals surface area contributed by atoms with E-state index in [9.17, 15) is 4.39 Å². The maximum absolute atomic E-state index is 13.1. The molecule has 0 aromatic heterocycles. The van der Waals surface area contributed by atoms with Crippen LogP contribution in [-0.2, 0) is 5.33 Å². The maximum atomic E-state index is 13.1. The monoisotopic (exact) mass is 328 g/mol. The zero-order valence-corrected chi connectivity index (χ0v) is 12.1. The molecule has 0 amide bonds. The number of rotatable bonds is 3. The molecule has 0 bridgehead atoms. The lowest BCUT2D eigenvalue weighted by atomic mass is 10.2. The van der Waals surface area contributed by atoms with Crippen molar-refractivity contribution < 1.29 is 9.13 Å². The quantitative estimate of drug-likeness (QED) is 0.678. The third-order valence-corrected chi connectivity index (χ3v) is 3.45. The van der Waals surface area contributed by atoms with Crippen molar-refractivity contribution in [1.82, 2.24) is 0 Å². The van der Waals surface area contributed by atoms with Gasteiger partial charge in [0.2, 0.25) is 0 Å². The predicted octanol–water partition coefficient (Wildman–Crippen LogP) is 5.47. The van der Waals surface area contributed by atoms with Gasteiger partial charge in [0, 0.05) is 5.33 Å². The van der Waals surface area contributed by atoms with Gasteiger partial charge in [-0.2, -0.15) is 0 Å². The number of ether oxygens (including phenoxy) is 1. The molecule has 0 N–H and O–H groups in total. The van der Waals surface area contributed by atoms with Crippen molar-refractivity contribution in [2.24, 2.45) is 0 Å². The first-order chi connectivity index (χ1) is 8.60. The molecule has 2 aromatic carbocycles. The molecule has 0 aliphatic heterocycles. The largest absolute Gasteiger partial charge is 0.456 e. The van der Waals surface area contributed by atoms with Gasteiger partial charge in [0.1, 0.15) is 17.3 Å². The van der Waals surface area contributed by atoms with Crippen LogP contribution in [0.5, 0.6) is 11.5 Å². The first-order valence-electron chi connectivity index (χ1n) is 5.38. The van der Waals surface area contributed by atoms with E-state index >= 15 is 0 Å². The molecular weight excluding hydrogens is 319 g/mol. The van der Waals surface area contributed by atoms with Gasteiger partial charge >= 0.3 is 0 Å². The Balaban J connectivity index is 2.25. The molecule has 0 heterocycles. The second kappa shape index (κ2) is 5.72. The lowest BCUT2D eigenvalue weighted by molar-refractivity contribution is 0.480. The van der Waals surface area contributed by atoms with Gasteiger partial charge in [-0.25, -0.2) is 4.39 Å². The molecule has 1 nitrogen and oxygen atoms in total. The summed E-state index contributed by atoms with van der Waals surface area (Å²) < 4.78 is 18.8. The van der Waals surface area contributed by atoms with Crippen molar-refractivity contribution in [3.05, 3.63) is 58.4 Å². The normalized spacial score (nSPS) is 10.4. The van der Waals surface area contributed by atoms with Crippen LogP contribution >= 0.6 is 27.5 Å². The highest BCUT2D eigenvalue weighted by Crippen LogP contribution is 2.31. The Labute approximate surface area is 119 Å². The molecule has 2 aromatic rings. The van der Waals surface area contributed by atoms with Crippen LogP contribution in [0.4, 0.5) is 4.39 Å². The van der Waals surface area contributed by atoms with E-state index in [4.69, 9.17) is 16.3 Å². The smallest absolute Gasteiger partial charge is 0.146 e. The number of hydrogen-bond acceptors (Lipinski definition) is 1. The molecule has 0 saturated carbocycles. The summed E-state index contributed by atoms with van der Waals surface area (Å²) in [5.74, 6) is 0.887. The van der Waals surface area contributed by atoms with Crippen LogP contribution in [-0.4, -0.2) is 0 Å². The van der Waals surface area contributed by atoms with Crippen molar-refractivity contribution in [3.63, 3.8) is 0 Å². The molecule has 94 valence electrons. The van der Waals surface area contributed by atoms with Crippen LogP contribution in [0.15, 0.2) is 36.4 Å². The molecule has 0 spiro atoms. The SMILES string of the molecule is Cc1cc(Oc2ccc(CBr)cc2Cl)ccc1F. The van der Waals surface area contributed by atoms with Crippen LogP contribution in [0.1, 0.15) is 11.1 Å². The number of aryl methyl sites for hydroxylation is 1. The second-order valence-electron chi connectivity index (χ2n) is 3.91. The highest BCUT2D eigenvalue weighted by Gasteiger charge is 2.06. The fraction of sp³-hybridized carbons (Fsp3) is 0.143. The van der Waals surface area contributed by atoms with E-state index in [1.165, 1.54) is 6.07 Å². The van der Waals surface area contributed by atoms with E-state index in [1.54, 1.807) is 25.1 Å². The van der Waals surface area contributed by atoms with Gasteiger partial charge in [-0.1, -0.05) is 33.6 Å². The summed E-state index contributed by atoms with van der Waals surface area (Å²) in [6, 6.07) is 10.2. The summed E-state index contributed by atoms with van der Waals surface area (Å²) >= 11 is 9.47. The van der Waals surface area contributed by atoms with Crippen LogP contribution in [0.3, 0.4) is 0 Å². The summed E-state index contributed by atoms with van der Waals surface area (Å²) in [6.45, 7) is 1.69. The first-order valence-corrected chi connectivity index (χ1v) is 6.88. The fourth-order valence-corrected chi connectivity index (χ4v) is 2.11. The average Bonchev–Trinajstić information content (AvgIpc) is 2.36. The highest BCUT2D eigenvalue weighted by molar-refractivity contribution is 9.08. The number of benzene rings is 2. The second-order valence-corrected chi connectivity index (χ2v) is 4.88. The average molecular weight is 330 g/mol. The molecule has 2 rings (SSSR count). The van der Waals surface area contributed by atoms with Gasteiger partial charge < -0.3 is 4.74 Å². The number of alkyl halides is 1. The van der Waals surface area contributed by atoms with Crippen LogP contribution in [0.25, 0.3) is 0 Å². The van der Waals surface area contributed by atoms with E-state index in [2.05, 4.69) is 15.9 Å². The number of hydrogen-bond donors (Lipinski definition) is 0. The fourth-order valence-electron chi connectivity index (χ4n) is 1.52. The van der Waals surface area contributed by atoms with Crippen molar-refractivity contribution in [3.8, 4) is 11.5 Å². The van der Waals surface area contributed by atoms with Crippen LogP contribution in [0.2, 0.25) is 5.02 Å². The third kappa shape index (κ3) is 3.03. The molecule has 0 radical (unpaired) electrons. The molecular formula is C14H11BrClFO. The predicted molar refractivity (Wildman–Crippen MR) is 75.3 cm³/mol. The Morgan fingerprint density at radius 3 is 2.61 bits per heavy atom. The van der Waals surface area contributed by atoms with Crippen LogP contribution in [0, 0.1) is 12.7 Å². The van der Waals surface area contributed by atoms with Crippen molar-refractivity contribution in [1.29, 1.82) is 0 Å². The van der Waals surface area contributed by atoms with E-state index in [-0.39, 0.29) is 5.82 Å². The minimum Gasteiger partial charge on any atom is -0.456 e. The molecule has 18 heavy (non-hydrogen) atoms. The van der Waals surface area contributed by atoms with Crippen molar-refractivity contribution >= 4 is 27.5 Å². The van der Waals surface area contributed by atoms with Crippen LogP contribution < -0.4 is 4.74 Å². The van der Waals surface area contributed by atoms with Gasteiger partial charge in [-0.3, -0.25) is 0 Å². The molecule has 0 aliphatic carbocycles. The molecule has 0 saturated heterocycles. The van der Waals surface area contributed by atoms with Crippen molar-refractivity contribution in [2.45, 2.75) is 12.3 Å². The Morgan fingerprint density at radius 2 is 2.00 bits per heavy atom. The standard InChI is InChI=1S/C14H11BrClFO/c1-9-6-11(3-4-13(9)17)18-14-5-2-10(8-15)7-12(14)16/h2-7H,8H2,1H3. The Kier molecular flexibility index (Phi) is 4.25. The van der Waals surface area contributed by atoms with E-state index < -0.39 is 0 Å². The maximum Gasteiger partial charge on any atom is 0.146 e. The minimum atomic E-state index is -0.247. The molecule has 4 heteroatoms. The Hall–Kier alpha value is -1.06. The summed E-state index contributed by atoms with van der Waals surface area (Å²) in [7, 11) is 0. The third-order valence-electron chi connectivity index (χ3n) is 2.51. The van der Waals surface area contributed by atoms with E-state index in [0.29, 0.717) is 22.1 Å². The van der Waals surface area contributed by atoms with Crippen molar-refractivity contribution in [2.75, 3.05) is 0 Å². The van der Waals surface area contributed by atoms with Gasteiger partial charge in [-0.05, 0) is 48.4 Å². The van der Waals surface area contributed by atoms with Gasteiger partial charge in [0.15, 0.2) is 0 Å². The summed E-state index contributed by atoms with van der Waals surface area (Å²) in [5, 5.41) is 1.27. The first kappa shape index (κ1) is 13.4. The van der Waals surface area contributed by atoms with Gasteiger partial charge in [-0.15, -0.1) is 0 Å². The topological polar surface area (TPSA) is 9.23 Å². The lowest BCUT2D eigenvalue weighted by Crippen LogP contribution is -1.89. The zero-order valence-electron chi connectivity index (χ0n) is 9.71. The highest BCUT2D eigenvalue weighted by atomic mass is 79.9. The number of halogens is 3.